The minimum Gasteiger partial charge on any atom is -0.353 e. The number of anilines is 3. The number of piperidine rings is 1. The van der Waals surface area contributed by atoms with Crippen molar-refractivity contribution in [2.75, 3.05) is 36.8 Å². The summed E-state index contributed by atoms with van der Waals surface area (Å²) in [6, 6.07) is 9.40. The summed E-state index contributed by atoms with van der Waals surface area (Å²) in [5.74, 6) is 1.42. The normalized spacial score (nSPS) is 15.3. The van der Waals surface area contributed by atoms with Crippen LogP contribution in [0.25, 0.3) is 0 Å². The van der Waals surface area contributed by atoms with Crippen molar-refractivity contribution < 1.29 is 0 Å². The third-order valence-electron chi connectivity index (χ3n) is 3.93. The van der Waals surface area contributed by atoms with E-state index < -0.39 is 0 Å². The Morgan fingerprint density at radius 2 is 1.83 bits per heavy atom. The molecule has 5 nitrogen and oxygen atoms in total. The van der Waals surface area contributed by atoms with Crippen LogP contribution in [0.1, 0.15) is 19.3 Å². The smallest absolute Gasteiger partial charge is 0.224 e. The zero-order chi connectivity index (χ0) is 15.9. The van der Waals surface area contributed by atoms with E-state index in [1.165, 1.54) is 32.4 Å². The average Bonchev–Trinajstić information content (AvgIpc) is 2.58. The van der Waals surface area contributed by atoms with Crippen LogP contribution in [0.15, 0.2) is 36.5 Å². The number of hydrogen-bond acceptors (Lipinski definition) is 5. The van der Waals surface area contributed by atoms with Crippen LogP contribution in [0.4, 0.5) is 17.5 Å². The van der Waals surface area contributed by atoms with Crippen molar-refractivity contribution in [1.29, 1.82) is 0 Å². The minimum absolute atomic E-state index is 0.654. The van der Waals surface area contributed by atoms with Gasteiger partial charge < -0.3 is 15.5 Å². The lowest BCUT2D eigenvalue weighted by Crippen LogP contribution is -2.33. The molecule has 0 atom stereocenters. The van der Waals surface area contributed by atoms with Gasteiger partial charge in [-0.2, -0.15) is 4.98 Å². The Morgan fingerprint density at radius 3 is 2.61 bits per heavy atom. The number of rotatable bonds is 6. The van der Waals surface area contributed by atoms with Gasteiger partial charge in [-0.15, -0.1) is 0 Å². The first-order valence-corrected chi connectivity index (χ1v) is 8.49. The molecule has 0 unspecified atom stereocenters. The fourth-order valence-corrected chi connectivity index (χ4v) is 2.83. The molecule has 0 bridgehead atoms. The Labute approximate surface area is 142 Å². The number of aromatic nitrogens is 2. The molecule has 1 aliphatic heterocycles. The highest BCUT2D eigenvalue weighted by Crippen LogP contribution is 2.18. The third kappa shape index (κ3) is 5.08. The molecule has 6 heteroatoms. The molecule has 2 heterocycles. The highest BCUT2D eigenvalue weighted by molar-refractivity contribution is 6.30. The molecule has 2 N–H and O–H groups in total. The van der Waals surface area contributed by atoms with Crippen molar-refractivity contribution in [2.24, 2.45) is 0 Å². The summed E-state index contributed by atoms with van der Waals surface area (Å²) < 4.78 is 0. The molecule has 1 aliphatic rings. The Morgan fingerprint density at radius 1 is 1.04 bits per heavy atom. The Balaban J connectivity index is 1.51. The number of nitrogens with one attached hydrogen (secondary N) is 2. The second kappa shape index (κ2) is 8.13. The summed E-state index contributed by atoms with van der Waals surface area (Å²) in [6.45, 7) is 4.32. The summed E-state index contributed by atoms with van der Waals surface area (Å²) in [5, 5.41) is 7.27. The van der Waals surface area contributed by atoms with Crippen molar-refractivity contribution in [3.05, 3.63) is 41.6 Å². The van der Waals surface area contributed by atoms with Gasteiger partial charge in [0.05, 0.1) is 0 Å². The maximum Gasteiger partial charge on any atom is 0.224 e. The maximum absolute atomic E-state index is 5.89. The largest absolute Gasteiger partial charge is 0.353 e. The predicted molar refractivity (Wildman–Crippen MR) is 95.5 cm³/mol. The summed E-state index contributed by atoms with van der Waals surface area (Å²) in [7, 11) is 0. The molecule has 0 amide bonds. The SMILES string of the molecule is Clc1ccc(Nc2ccnc(NCCN3CCCCC3)n2)cc1. The molecule has 23 heavy (non-hydrogen) atoms. The van der Waals surface area contributed by atoms with E-state index in [9.17, 15) is 0 Å². The van der Waals surface area contributed by atoms with Crippen molar-refractivity contribution in [1.82, 2.24) is 14.9 Å². The Kier molecular flexibility index (Phi) is 5.66. The number of likely N-dealkylation sites (tertiary alicyclic amines) is 1. The van der Waals surface area contributed by atoms with E-state index in [0.717, 1.165) is 29.6 Å². The number of benzene rings is 1. The van der Waals surface area contributed by atoms with E-state index in [-0.39, 0.29) is 0 Å². The summed E-state index contributed by atoms with van der Waals surface area (Å²) in [5.41, 5.74) is 0.951. The zero-order valence-electron chi connectivity index (χ0n) is 13.1. The predicted octanol–water partition coefficient (Wildman–Crippen LogP) is 3.77. The lowest BCUT2D eigenvalue weighted by Gasteiger charge is -2.26. The molecule has 1 aromatic carbocycles. The van der Waals surface area contributed by atoms with E-state index in [1.807, 2.05) is 30.3 Å². The van der Waals surface area contributed by atoms with Crippen LogP contribution in [-0.2, 0) is 0 Å². The second-order valence-electron chi connectivity index (χ2n) is 5.73. The van der Waals surface area contributed by atoms with Crippen LogP contribution in [0.3, 0.4) is 0 Å². The molecule has 0 saturated carbocycles. The van der Waals surface area contributed by atoms with Crippen LogP contribution in [0.2, 0.25) is 5.02 Å². The fraction of sp³-hybridized carbons (Fsp3) is 0.412. The van der Waals surface area contributed by atoms with Crippen molar-refractivity contribution in [3.63, 3.8) is 0 Å². The molecule has 0 radical (unpaired) electrons. The molecule has 1 aromatic heterocycles. The summed E-state index contributed by atoms with van der Waals surface area (Å²) in [4.78, 5) is 11.3. The lowest BCUT2D eigenvalue weighted by molar-refractivity contribution is 0.237. The number of hydrogen-bond donors (Lipinski definition) is 2. The van der Waals surface area contributed by atoms with Crippen LogP contribution in [0.5, 0.6) is 0 Å². The highest BCUT2D eigenvalue weighted by Gasteiger charge is 2.09. The molecular formula is C17H22ClN5. The molecule has 0 aliphatic carbocycles. The van der Waals surface area contributed by atoms with Gasteiger partial charge >= 0.3 is 0 Å². The van der Waals surface area contributed by atoms with Crippen molar-refractivity contribution >= 4 is 29.1 Å². The minimum atomic E-state index is 0.654. The lowest BCUT2D eigenvalue weighted by atomic mass is 10.1. The fourth-order valence-electron chi connectivity index (χ4n) is 2.70. The van der Waals surface area contributed by atoms with Gasteiger partial charge in [0, 0.05) is 30.0 Å². The number of nitrogens with zero attached hydrogens (tertiary/aromatic N) is 3. The Bertz CT molecular complexity index is 611. The standard InChI is InChI=1S/C17H22ClN5/c18-14-4-6-15(7-5-14)21-16-8-9-19-17(22-16)20-10-13-23-11-2-1-3-12-23/h4-9H,1-3,10-13H2,(H2,19,20,21,22). The van der Waals surface area contributed by atoms with Gasteiger partial charge in [-0.25, -0.2) is 4.98 Å². The van der Waals surface area contributed by atoms with Gasteiger partial charge in [0.1, 0.15) is 5.82 Å². The average molecular weight is 332 g/mol. The van der Waals surface area contributed by atoms with E-state index in [1.54, 1.807) is 6.20 Å². The number of halogens is 1. The van der Waals surface area contributed by atoms with Crippen LogP contribution in [0, 0.1) is 0 Å². The van der Waals surface area contributed by atoms with Gasteiger partial charge in [0.15, 0.2) is 0 Å². The van der Waals surface area contributed by atoms with Crippen molar-refractivity contribution in [3.8, 4) is 0 Å². The van der Waals surface area contributed by atoms with E-state index in [2.05, 4.69) is 25.5 Å². The van der Waals surface area contributed by atoms with Crippen molar-refractivity contribution in [2.45, 2.75) is 19.3 Å². The zero-order valence-corrected chi connectivity index (χ0v) is 13.9. The topological polar surface area (TPSA) is 53.1 Å². The van der Waals surface area contributed by atoms with E-state index in [0.29, 0.717) is 5.95 Å². The van der Waals surface area contributed by atoms with Crippen LogP contribution < -0.4 is 10.6 Å². The molecule has 3 rings (SSSR count). The molecular weight excluding hydrogens is 310 g/mol. The van der Waals surface area contributed by atoms with E-state index in [4.69, 9.17) is 11.6 Å². The first-order valence-electron chi connectivity index (χ1n) is 8.11. The molecule has 1 fully saturated rings. The maximum atomic E-state index is 5.89. The van der Waals surface area contributed by atoms with Gasteiger partial charge in [-0.3, -0.25) is 0 Å². The first-order chi connectivity index (χ1) is 11.3. The highest BCUT2D eigenvalue weighted by atomic mass is 35.5. The summed E-state index contributed by atoms with van der Waals surface area (Å²) in [6.07, 6.45) is 5.76. The van der Waals surface area contributed by atoms with E-state index >= 15 is 0 Å². The van der Waals surface area contributed by atoms with Gasteiger partial charge in [0.2, 0.25) is 5.95 Å². The van der Waals surface area contributed by atoms with Gasteiger partial charge in [-0.1, -0.05) is 18.0 Å². The molecule has 1 saturated heterocycles. The van der Waals surface area contributed by atoms with Gasteiger partial charge in [-0.05, 0) is 56.3 Å². The Hall–Kier alpha value is -1.85. The van der Waals surface area contributed by atoms with Crippen LogP contribution in [-0.4, -0.2) is 41.0 Å². The monoisotopic (exact) mass is 331 g/mol. The molecule has 0 spiro atoms. The summed E-state index contributed by atoms with van der Waals surface area (Å²) >= 11 is 5.89. The third-order valence-corrected chi connectivity index (χ3v) is 4.18. The second-order valence-corrected chi connectivity index (χ2v) is 6.16. The first kappa shape index (κ1) is 16.0. The van der Waals surface area contributed by atoms with Gasteiger partial charge in [0.25, 0.3) is 0 Å². The quantitative estimate of drug-likeness (QED) is 0.843. The molecule has 2 aromatic rings. The van der Waals surface area contributed by atoms with Crippen LogP contribution >= 0.6 is 11.6 Å². The molecule has 122 valence electrons.